The van der Waals surface area contributed by atoms with E-state index in [1.807, 2.05) is 48.2 Å². The van der Waals surface area contributed by atoms with Gasteiger partial charge in [0.15, 0.2) is 0 Å². The standard InChI is InChI=1S/C16H18ClNOS/c17-14-8-6-13(7-9-14)12-20-11-3-10-19-16-5-2-1-4-15(16)18/h1-2,4-9H,3,10-12,18H2. The number of ether oxygens (including phenoxy) is 1. The summed E-state index contributed by atoms with van der Waals surface area (Å²) in [5, 5.41) is 0.785. The summed E-state index contributed by atoms with van der Waals surface area (Å²) in [5.41, 5.74) is 7.80. The van der Waals surface area contributed by atoms with Crippen molar-refractivity contribution in [3.8, 4) is 5.75 Å². The van der Waals surface area contributed by atoms with Crippen LogP contribution < -0.4 is 10.5 Å². The van der Waals surface area contributed by atoms with Gasteiger partial charge in [0.25, 0.3) is 0 Å². The molecule has 0 atom stereocenters. The highest BCUT2D eigenvalue weighted by molar-refractivity contribution is 7.98. The Bertz CT molecular complexity index is 530. The smallest absolute Gasteiger partial charge is 0.142 e. The molecule has 2 N–H and O–H groups in total. The molecule has 0 amide bonds. The van der Waals surface area contributed by atoms with Crippen LogP contribution in [0.1, 0.15) is 12.0 Å². The first-order valence-corrected chi connectivity index (χ1v) is 8.08. The van der Waals surface area contributed by atoms with Crippen LogP contribution in [0.2, 0.25) is 5.02 Å². The average Bonchev–Trinajstić information content (AvgIpc) is 2.46. The van der Waals surface area contributed by atoms with Gasteiger partial charge in [-0.1, -0.05) is 35.9 Å². The van der Waals surface area contributed by atoms with Crippen LogP contribution in [0.5, 0.6) is 5.75 Å². The lowest BCUT2D eigenvalue weighted by Gasteiger charge is -2.08. The second-order valence-electron chi connectivity index (χ2n) is 4.42. The summed E-state index contributed by atoms with van der Waals surface area (Å²) >= 11 is 7.75. The first kappa shape index (κ1) is 15.1. The van der Waals surface area contributed by atoms with E-state index in [0.717, 1.165) is 28.7 Å². The van der Waals surface area contributed by atoms with Gasteiger partial charge in [-0.25, -0.2) is 0 Å². The van der Waals surface area contributed by atoms with Crippen LogP contribution in [0.25, 0.3) is 0 Å². The number of anilines is 1. The Kier molecular flexibility index (Phi) is 6.09. The minimum Gasteiger partial charge on any atom is -0.491 e. The molecule has 0 aliphatic carbocycles. The maximum atomic E-state index is 5.85. The quantitative estimate of drug-likeness (QED) is 0.598. The molecule has 0 aromatic heterocycles. The van der Waals surface area contributed by atoms with E-state index >= 15 is 0 Å². The van der Waals surface area contributed by atoms with Crippen molar-refractivity contribution in [1.82, 2.24) is 0 Å². The van der Waals surface area contributed by atoms with E-state index in [2.05, 4.69) is 12.1 Å². The maximum absolute atomic E-state index is 5.85. The fraction of sp³-hybridized carbons (Fsp3) is 0.250. The van der Waals surface area contributed by atoms with Gasteiger partial charge in [-0.15, -0.1) is 0 Å². The Morgan fingerprint density at radius 1 is 1.05 bits per heavy atom. The van der Waals surface area contributed by atoms with Crippen molar-refractivity contribution in [2.24, 2.45) is 0 Å². The fourth-order valence-electron chi connectivity index (χ4n) is 1.73. The Morgan fingerprint density at radius 2 is 1.80 bits per heavy atom. The van der Waals surface area contributed by atoms with Crippen molar-refractivity contribution in [1.29, 1.82) is 0 Å². The summed E-state index contributed by atoms with van der Waals surface area (Å²) in [6, 6.07) is 15.6. The van der Waals surface area contributed by atoms with E-state index in [0.29, 0.717) is 12.3 Å². The number of hydrogen-bond acceptors (Lipinski definition) is 3. The zero-order valence-corrected chi connectivity index (χ0v) is 12.8. The van der Waals surface area contributed by atoms with Crippen molar-refractivity contribution in [3.05, 3.63) is 59.1 Å². The molecule has 0 bridgehead atoms. The van der Waals surface area contributed by atoms with Gasteiger partial charge in [-0.05, 0) is 42.0 Å². The number of nitrogen functional groups attached to an aromatic ring is 1. The second kappa shape index (κ2) is 8.08. The molecular formula is C16H18ClNOS. The SMILES string of the molecule is Nc1ccccc1OCCCSCc1ccc(Cl)cc1. The molecule has 0 radical (unpaired) electrons. The first-order valence-electron chi connectivity index (χ1n) is 6.55. The molecule has 0 unspecified atom stereocenters. The van der Waals surface area contributed by atoms with Gasteiger partial charge >= 0.3 is 0 Å². The highest BCUT2D eigenvalue weighted by atomic mass is 35.5. The number of nitrogens with two attached hydrogens (primary N) is 1. The van der Waals surface area contributed by atoms with E-state index < -0.39 is 0 Å². The van der Waals surface area contributed by atoms with Crippen LogP contribution in [0, 0.1) is 0 Å². The molecule has 2 nitrogen and oxygen atoms in total. The van der Waals surface area contributed by atoms with Gasteiger partial charge in [0, 0.05) is 10.8 Å². The largest absolute Gasteiger partial charge is 0.491 e. The van der Waals surface area contributed by atoms with Crippen molar-refractivity contribution in [2.45, 2.75) is 12.2 Å². The van der Waals surface area contributed by atoms with E-state index in [4.69, 9.17) is 22.1 Å². The number of halogens is 1. The number of hydrogen-bond donors (Lipinski definition) is 1. The molecular weight excluding hydrogens is 290 g/mol. The number of rotatable bonds is 7. The molecule has 0 saturated heterocycles. The van der Waals surface area contributed by atoms with Gasteiger partial charge in [-0.2, -0.15) is 11.8 Å². The van der Waals surface area contributed by atoms with Gasteiger partial charge in [0.1, 0.15) is 5.75 Å². The Morgan fingerprint density at radius 3 is 2.55 bits per heavy atom. The van der Waals surface area contributed by atoms with E-state index in [1.54, 1.807) is 0 Å². The molecule has 106 valence electrons. The van der Waals surface area contributed by atoms with Crippen LogP contribution in [0.15, 0.2) is 48.5 Å². The molecule has 20 heavy (non-hydrogen) atoms. The Hall–Kier alpha value is -1.32. The third-order valence-corrected chi connectivity index (χ3v) is 4.16. The molecule has 0 heterocycles. The molecule has 2 rings (SSSR count). The molecule has 0 aliphatic rings. The Balaban J connectivity index is 1.60. The van der Waals surface area contributed by atoms with Gasteiger partial charge in [0.05, 0.1) is 12.3 Å². The lowest BCUT2D eigenvalue weighted by molar-refractivity contribution is 0.320. The van der Waals surface area contributed by atoms with Crippen LogP contribution in [0.3, 0.4) is 0 Å². The topological polar surface area (TPSA) is 35.2 Å². The number of para-hydroxylation sites is 2. The lowest BCUT2D eigenvalue weighted by Crippen LogP contribution is -2.01. The van der Waals surface area contributed by atoms with Crippen LogP contribution in [0.4, 0.5) is 5.69 Å². The third-order valence-electron chi connectivity index (χ3n) is 2.79. The molecule has 4 heteroatoms. The van der Waals surface area contributed by atoms with Crippen LogP contribution in [-0.2, 0) is 5.75 Å². The zero-order valence-electron chi connectivity index (χ0n) is 11.2. The highest BCUT2D eigenvalue weighted by Crippen LogP contribution is 2.20. The van der Waals surface area contributed by atoms with Crippen molar-refractivity contribution in [2.75, 3.05) is 18.1 Å². The van der Waals surface area contributed by atoms with Crippen LogP contribution >= 0.6 is 23.4 Å². The van der Waals surface area contributed by atoms with Crippen LogP contribution in [-0.4, -0.2) is 12.4 Å². The summed E-state index contributed by atoms with van der Waals surface area (Å²) in [6.45, 7) is 0.696. The summed E-state index contributed by atoms with van der Waals surface area (Å²) in [6.07, 6.45) is 1.01. The number of benzene rings is 2. The minimum absolute atomic E-state index is 0.696. The van der Waals surface area contributed by atoms with E-state index in [9.17, 15) is 0 Å². The molecule has 0 spiro atoms. The fourth-order valence-corrected chi connectivity index (χ4v) is 2.75. The summed E-state index contributed by atoms with van der Waals surface area (Å²) in [4.78, 5) is 0. The monoisotopic (exact) mass is 307 g/mol. The molecule has 2 aromatic carbocycles. The minimum atomic E-state index is 0.696. The van der Waals surface area contributed by atoms with E-state index in [-0.39, 0.29) is 0 Å². The van der Waals surface area contributed by atoms with Crippen molar-refractivity contribution < 1.29 is 4.74 Å². The first-order chi connectivity index (χ1) is 9.75. The van der Waals surface area contributed by atoms with Gasteiger partial charge < -0.3 is 10.5 Å². The van der Waals surface area contributed by atoms with Gasteiger partial charge in [-0.3, -0.25) is 0 Å². The predicted molar refractivity (Wildman–Crippen MR) is 88.6 cm³/mol. The molecule has 0 fully saturated rings. The van der Waals surface area contributed by atoms with E-state index in [1.165, 1.54) is 5.56 Å². The molecule has 2 aromatic rings. The normalized spacial score (nSPS) is 10.4. The van der Waals surface area contributed by atoms with Gasteiger partial charge in [0.2, 0.25) is 0 Å². The van der Waals surface area contributed by atoms with Crippen molar-refractivity contribution >= 4 is 29.1 Å². The summed E-state index contributed by atoms with van der Waals surface area (Å²) in [7, 11) is 0. The average molecular weight is 308 g/mol. The third kappa shape index (κ3) is 4.99. The highest BCUT2D eigenvalue weighted by Gasteiger charge is 1.98. The predicted octanol–water partition coefficient (Wildman–Crippen LogP) is 4.62. The summed E-state index contributed by atoms with van der Waals surface area (Å²) < 4.78 is 5.65. The second-order valence-corrected chi connectivity index (χ2v) is 5.96. The molecule has 0 aliphatic heterocycles. The Labute approximate surface area is 129 Å². The number of thioether (sulfide) groups is 1. The zero-order chi connectivity index (χ0) is 14.2. The maximum Gasteiger partial charge on any atom is 0.142 e. The lowest BCUT2D eigenvalue weighted by atomic mass is 10.2. The molecule has 0 saturated carbocycles. The van der Waals surface area contributed by atoms with Crippen molar-refractivity contribution in [3.63, 3.8) is 0 Å². The summed E-state index contributed by atoms with van der Waals surface area (Å²) in [5.74, 6) is 2.84.